The molecule has 0 radical (unpaired) electrons. The first-order chi connectivity index (χ1) is 13.6. The molecule has 0 amide bonds. The van der Waals surface area contributed by atoms with Crippen LogP contribution < -0.4 is 0 Å². The number of aryl methyl sites for hydroxylation is 1. The van der Waals surface area contributed by atoms with Gasteiger partial charge in [-0.25, -0.2) is 9.97 Å². The van der Waals surface area contributed by atoms with E-state index in [1.54, 1.807) is 0 Å². The summed E-state index contributed by atoms with van der Waals surface area (Å²) in [5, 5.41) is 20.6. The standard InChI is InChI=1S/C20H22F3N3O3/c1-13-15(10-24-17(25-13)20(21,22)23)11-26-8-7-19(18(28)29,16(27)12-26)9-14-5-3-2-4-6-14/h2-6,10,16,27H,7-9,11-12H2,1H3,(H,28,29)/t16-,19-/m1/s1. The number of aliphatic hydroxyl groups excluding tert-OH is 1. The molecule has 9 heteroatoms. The Bertz CT molecular complexity index is 876. The van der Waals surface area contributed by atoms with Crippen molar-refractivity contribution < 1.29 is 28.2 Å². The number of aliphatic hydroxyl groups is 1. The summed E-state index contributed by atoms with van der Waals surface area (Å²) in [5.41, 5.74) is 0.246. The number of piperidine rings is 1. The first kappa shape index (κ1) is 21.2. The molecule has 1 aromatic carbocycles. The fraction of sp³-hybridized carbons (Fsp3) is 0.450. The smallest absolute Gasteiger partial charge is 0.451 e. The molecule has 6 nitrogen and oxygen atoms in total. The number of carboxylic acids is 1. The maximum Gasteiger partial charge on any atom is 0.451 e. The minimum Gasteiger partial charge on any atom is -0.481 e. The van der Waals surface area contributed by atoms with E-state index < -0.39 is 29.5 Å². The lowest BCUT2D eigenvalue weighted by molar-refractivity contribution is -0.163. The van der Waals surface area contributed by atoms with Crippen LogP contribution >= 0.6 is 0 Å². The van der Waals surface area contributed by atoms with Crippen LogP contribution in [0.25, 0.3) is 0 Å². The summed E-state index contributed by atoms with van der Waals surface area (Å²) in [4.78, 5) is 20.8. The highest BCUT2D eigenvalue weighted by Gasteiger charge is 2.48. The predicted molar refractivity (Wildman–Crippen MR) is 97.9 cm³/mol. The number of alkyl halides is 3. The molecule has 0 spiro atoms. The first-order valence-corrected chi connectivity index (χ1v) is 9.19. The van der Waals surface area contributed by atoms with E-state index in [4.69, 9.17) is 0 Å². The molecule has 2 atom stereocenters. The van der Waals surface area contributed by atoms with Crippen LogP contribution in [0.15, 0.2) is 36.5 Å². The molecular weight excluding hydrogens is 387 g/mol. The van der Waals surface area contributed by atoms with Gasteiger partial charge in [0.25, 0.3) is 0 Å². The highest BCUT2D eigenvalue weighted by atomic mass is 19.4. The number of carbonyl (C=O) groups is 1. The molecule has 0 saturated carbocycles. The van der Waals surface area contributed by atoms with Gasteiger partial charge in [0.1, 0.15) is 5.41 Å². The lowest BCUT2D eigenvalue weighted by atomic mass is 9.71. The van der Waals surface area contributed by atoms with Crippen LogP contribution in [0.4, 0.5) is 13.2 Å². The fourth-order valence-electron chi connectivity index (χ4n) is 3.69. The third-order valence-corrected chi connectivity index (χ3v) is 5.46. The molecule has 2 N–H and O–H groups in total. The minimum absolute atomic E-state index is 0.0968. The van der Waals surface area contributed by atoms with Gasteiger partial charge in [-0.1, -0.05) is 30.3 Å². The van der Waals surface area contributed by atoms with E-state index in [0.717, 1.165) is 11.8 Å². The molecule has 1 fully saturated rings. The summed E-state index contributed by atoms with van der Waals surface area (Å²) in [6.07, 6.45) is -4.16. The van der Waals surface area contributed by atoms with Gasteiger partial charge in [-0.15, -0.1) is 0 Å². The Morgan fingerprint density at radius 3 is 2.55 bits per heavy atom. The van der Waals surface area contributed by atoms with Crippen LogP contribution in [0.1, 0.15) is 29.1 Å². The number of hydrogen-bond acceptors (Lipinski definition) is 5. The zero-order valence-electron chi connectivity index (χ0n) is 15.9. The summed E-state index contributed by atoms with van der Waals surface area (Å²) in [6.45, 7) is 2.20. The largest absolute Gasteiger partial charge is 0.481 e. The van der Waals surface area contributed by atoms with Crippen molar-refractivity contribution in [1.29, 1.82) is 0 Å². The van der Waals surface area contributed by atoms with Crippen molar-refractivity contribution in [3.8, 4) is 0 Å². The maximum absolute atomic E-state index is 12.7. The second-order valence-corrected chi connectivity index (χ2v) is 7.43. The Balaban J connectivity index is 1.73. The molecule has 0 unspecified atom stereocenters. The number of likely N-dealkylation sites (tertiary alicyclic amines) is 1. The molecular formula is C20H22F3N3O3. The molecule has 1 aliphatic heterocycles. The fourth-order valence-corrected chi connectivity index (χ4v) is 3.69. The van der Waals surface area contributed by atoms with E-state index in [0.29, 0.717) is 12.1 Å². The van der Waals surface area contributed by atoms with Crippen molar-refractivity contribution >= 4 is 5.97 Å². The van der Waals surface area contributed by atoms with Crippen LogP contribution in [0.5, 0.6) is 0 Å². The van der Waals surface area contributed by atoms with Crippen molar-refractivity contribution in [2.75, 3.05) is 13.1 Å². The molecule has 156 valence electrons. The average Bonchev–Trinajstić information content (AvgIpc) is 2.65. The summed E-state index contributed by atoms with van der Waals surface area (Å²) in [6, 6.07) is 9.13. The molecule has 0 aliphatic carbocycles. The normalized spacial score (nSPS) is 23.1. The number of hydrogen-bond donors (Lipinski definition) is 2. The predicted octanol–water partition coefficient (Wildman–Crippen LogP) is 2.68. The Labute approximate surface area is 166 Å². The number of β-amino-alcohol motifs (C(OH)–C–C–N with tert-alkyl or cyclic N) is 1. The lowest BCUT2D eigenvalue weighted by Crippen LogP contribution is -2.55. The van der Waals surface area contributed by atoms with E-state index in [1.807, 2.05) is 35.2 Å². The van der Waals surface area contributed by atoms with Gasteiger partial charge in [-0.05, 0) is 31.9 Å². The van der Waals surface area contributed by atoms with Crippen molar-refractivity contribution in [3.63, 3.8) is 0 Å². The average molecular weight is 409 g/mol. The van der Waals surface area contributed by atoms with E-state index in [2.05, 4.69) is 9.97 Å². The molecule has 2 aromatic rings. The second kappa shape index (κ2) is 8.08. The van der Waals surface area contributed by atoms with Gasteiger partial charge in [0.2, 0.25) is 5.82 Å². The summed E-state index contributed by atoms with van der Waals surface area (Å²) < 4.78 is 38.2. The van der Waals surface area contributed by atoms with E-state index >= 15 is 0 Å². The first-order valence-electron chi connectivity index (χ1n) is 9.19. The SMILES string of the molecule is Cc1nc(C(F)(F)F)ncc1CN1CC[C@](Cc2ccccc2)(C(=O)O)[C@H](O)C1. The topological polar surface area (TPSA) is 86.6 Å². The van der Waals surface area contributed by atoms with Crippen LogP contribution in [0.2, 0.25) is 0 Å². The van der Waals surface area contributed by atoms with Crippen molar-refractivity contribution in [2.45, 2.75) is 38.6 Å². The highest BCUT2D eigenvalue weighted by Crippen LogP contribution is 2.36. The minimum atomic E-state index is -4.61. The monoisotopic (exact) mass is 409 g/mol. The number of nitrogens with zero attached hydrogens (tertiary/aromatic N) is 3. The number of rotatable bonds is 5. The third-order valence-electron chi connectivity index (χ3n) is 5.46. The van der Waals surface area contributed by atoms with Gasteiger partial charge in [0.15, 0.2) is 0 Å². The van der Waals surface area contributed by atoms with E-state index in [1.165, 1.54) is 6.92 Å². The number of halogens is 3. The van der Waals surface area contributed by atoms with Gasteiger partial charge >= 0.3 is 12.1 Å². The Kier molecular flexibility index (Phi) is 5.90. The number of aliphatic carboxylic acids is 1. The van der Waals surface area contributed by atoms with Crippen LogP contribution in [0, 0.1) is 12.3 Å². The van der Waals surface area contributed by atoms with E-state index in [9.17, 15) is 28.2 Å². The Morgan fingerprint density at radius 2 is 2.00 bits per heavy atom. The second-order valence-electron chi connectivity index (χ2n) is 7.43. The van der Waals surface area contributed by atoms with Gasteiger partial charge in [-0.2, -0.15) is 13.2 Å². The van der Waals surface area contributed by atoms with Crippen LogP contribution in [0.3, 0.4) is 0 Å². The lowest BCUT2D eigenvalue weighted by Gasteiger charge is -2.43. The van der Waals surface area contributed by atoms with Crippen molar-refractivity contribution in [1.82, 2.24) is 14.9 Å². The molecule has 29 heavy (non-hydrogen) atoms. The van der Waals surface area contributed by atoms with Crippen LogP contribution in [-0.4, -0.2) is 50.2 Å². The van der Waals surface area contributed by atoms with Crippen LogP contribution in [-0.2, 0) is 23.9 Å². The van der Waals surface area contributed by atoms with Crippen molar-refractivity contribution in [2.24, 2.45) is 5.41 Å². The zero-order chi connectivity index (χ0) is 21.2. The molecule has 3 rings (SSSR count). The van der Waals surface area contributed by atoms with Gasteiger partial charge in [-0.3, -0.25) is 9.69 Å². The van der Waals surface area contributed by atoms with Crippen molar-refractivity contribution in [3.05, 3.63) is 59.2 Å². The quantitative estimate of drug-likeness (QED) is 0.790. The summed E-state index contributed by atoms with van der Waals surface area (Å²) in [5.74, 6) is -2.24. The zero-order valence-corrected chi connectivity index (χ0v) is 15.9. The Morgan fingerprint density at radius 1 is 1.31 bits per heavy atom. The molecule has 2 heterocycles. The van der Waals surface area contributed by atoms with Gasteiger partial charge in [0, 0.05) is 30.5 Å². The molecule has 0 bridgehead atoms. The number of aromatic nitrogens is 2. The summed E-state index contributed by atoms with van der Waals surface area (Å²) in [7, 11) is 0. The number of benzene rings is 1. The molecule has 1 aromatic heterocycles. The Hall–Kier alpha value is -2.52. The molecule has 1 saturated heterocycles. The molecule has 1 aliphatic rings. The van der Waals surface area contributed by atoms with Gasteiger partial charge in [0.05, 0.1) is 6.10 Å². The highest BCUT2D eigenvalue weighted by molar-refractivity contribution is 5.76. The maximum atomic E-state index is 12.7. The summed E-state index contributed by atoms with van der Waals surface area (Å²) >= 11 is 0. The van der Waals surface area contributed by atoms with E-state index in [-0.39, 0.29) is 31.6 Å². The number of carboxylic acid groups (broad SMARTS) is 1. The van der Waals surface area contributed by atoms with Gasteiger partial charge < -0.3 is 10.2 Å². The third kappa shape index (κ3) is 4.56.